The monoisotopic (exact) mass is 602 g/mol. The third-order valence-electron chi connectivity index (χ3n) is 6.51. The molecule has 196 valence electrons. The molecule has 1 amide bonds. The minimum absolute atomic E-state index is 0.0477. The molecule has 1 aliphatic rings. The summed E-state index contributed by atoms with van der Waals surface area (Å²) in [4.78, 5) is 17.3. The van der Waals surface area contributed by atoms with Crippen LogP contribution in [0.3, 0.4) is 0 Å². The Kier molecular flexibility index (Phi) is 7.13. The molecule has 7 nitrogen and oxygen atoms in total. The number of anilines is 1. The number of benzene rings is 3. The number of hydrogen-bond acceptors (Lipinski definition) is 5. The molecule has 9 heteroatoms. The van der Waals surface area contributed by atoms with Crippen molar-refractivity contribution >= 4 is 44.9 Å². The molecule has 0 aliphatic carbocycles. The molecule has 2 aromatic heterocycles. The molecule has 0 fully saturated rings. The van der Waals surface area contributed by atoms with E-state index in [1.165, 1.54) is 0 Å². The summed E-state index contributed by atoms with van der Waals surface area (Å²) in [5.41, 5.74) is 5.50. The lowest BCUT2D eigenvalue weighted by atomic mass is 10.1. The second kappa shape index (κ2) is 11.0. The fraction of sp³-hybridized carbons (Fsp3) is 0.133. The molecule has 0 spiro atoms. The van der Waals surface area contributed by atoms with Crippen LogP contribution < -0.4 is 20.1 Å². The van der Waals surface area contributed by atoms with E-state index in [1.54, 1.807) is 0 Å². The van der Waals surface area contributed by atoms with Gasteiger partial charge in [-0.2, -0.15) is 0 Å². The summed E-state index contributed by atoms with van der Waals surface area (Å²) in [6, 6.07) is 25.4. The highest BCUT2D eigenvalue weighted by molar-refractivity contribution is 9.10. The number of aromatic nitrogens is 2. The van der Waals surface area contributed by atoms with Crippen LogP contribution in [0.2, 0.25) is 5.02 Å². The second-order valence-electron chi connectivity index (χ2n) is 9.17. The van der Waals surface area contributed by atoms with E-state index in [2.05, 4.69) is 38.7 Å². The van der Waals surface area contributed by atoms with E-state index in [9.17, 15) is 4.79 Å². The van der Waals surface area contributed by atoms with Gasteiger partial charge in [-0.1, -0.05) is 60.1 Å². The summed E-state index contributed by atoms with van der Waals surface area (Å²) in [5, 5.41) is 7.18. The largest absolute Gasteiger partial charge is 0.454 e. The van der Waals surface area contributed by atoms with Crippen LogP contribution in [0.1, 0.15) is 16.7 Å². The van der Waals surface area contributed by atoms with Crippen LogP contribution in [-0.2, 0) is 24.3 Å². The number of nitrogens with one attached hydrogen (secondary N) is 2. The van der Waals surface area contributed by atoms with Crippen molar-refractivity contribution in [3.05, 3.63) is 111 Å². The quantitative estimate of drug-likeness (QED) is 0.209. The number of halogens is 2. The number of amides is 1. The number of rotatable bonds is 8. The fourth-order valence-electron chi connectivity index (χ4n) is 4.46. The van der Waals surface area contributed by atoms with Crippen molar-refractivity contribution in [3.63, 3.8) is 0 Å². The van der Waals surface area contributed by atoms with Gasteiger partial charge in [0.2, 0.25) is 12.7 Å². The van der Waals surface area contributed by atoms with Crippen molar-refractivity contribution in [1.29, 1.82) is 0 Å². The molecule has 39 heavy (non-hydrogen) atoms. The molecule has 0 bridgehead atoms. The third-order valence-corrected chi connectivity index (χ3v) is 7.46. The summed E-state index contributed by atoms with van der Waals surface area (Å²) in [5.74, 6) is 2.25. The van der Waals surface area contributed by atoms with Crippen LogP contribution in [0.4, 0.5) is 5.82 Å². The number of nitrogens with zero attached hydrogens (tertiary/aromatic N) is 2. The topological polar surface area (TPSA) is 76.9 Å². The van der Waals surface area contributed by atoms with E-state index in [-0.39, 0.29) is 19.1 Å². The molecule has 1 aliphatic heterocycles. The average Bonchev–Trinajstić information content (AvgIpc) is 3.57. The number of fused-ring (bicyclic) bond motifs is 2. The Morgan fingerprint density at radius 1 is 0.923 bits per heavy atom. The highest BCUT2D eigenvalue weighted by atomic mass is 79.9. The smallest absolute Gasteiger partial charge is 0.231 e. The van der Waals surface area contributed by atoms with E-state index in [1.807, 2.05) is 77.3 Å². The maximum absolute atomic E-state index is 12.5. The van der Waals surface area contributed by atoms with Crippen molar-refractivity contribution in [3.8, 4) is 22.8 Å². The van der Waals surface area contributed by atoms with Crippen molar-refractivity contribution in [2.75, 3.05) is 12.1 Å². The summed E-state index contributed by atoms with van der Waals surface area (Å²) < 4.78 is 13.6. The van der Waals surface area contributed by atoms with Crippen LogP contribution in [0, 0.1) is 0 Å². The summed E-state index contributed by atoms with van der Waals surface area (Å²) >= 11 is 10.1. The highest BCUT2D eigenvalue weighted by Crippen LogP contribution is 2.33. The van der Waals surface area contributed by atoms with Crippen LogP contribution in [0.25, 0.3) is 16.9 Å². The van der Waals surface area contributed by atoms with Crippen molar-refractivity contribution in [2.45, 2.75) is 19.5 Å². The van der Waals surface area contributed by atoms with Crippen LogP contribution >= 0.6 is 27.5 Å². The average molecular weight is 604 g/mol. The predicted octanol–water partition coefficient (Wildman–Crippen LogP) is 6.62. The molecular formula is C30H24BrClN4O3. The third kappa shape index (κ3) is 5.57. The van der Waals surface area contributed by atoms with Gasteiger partial charge in [-0.3, -0.25) is 9.20 Å². The zero-order chi connectivity index (χ0) is 26.8. The molecule has 0 saturated carbocycles. The van der Waals surface area contributed by atoms with E-state index in [4.69, 9.17) is 26.1 Å². The Balaban J connectivity index is 1.09. The Bertz CT molecular complexity index is 1670. The van der Waals surface area contributed by atoms with Gasteiger partial charge in [-0.15, -0.1) is 0 Å². The van der Waals surface area contributed by atoms with Gasteiger partial charge < -0.3 is 20.1 Å². The first-order chi connectivity index (χ1) is 19.0. The summed E-state index contributed by atoms with van der Waals surface area (Å²) in [6.45, 7) is 1.30. The Morgan fingerprint density at radius 3 is 2.49 bits per heavy atom. The lowest BCUT2D eigenvalue weighted by Crippen LogP contribution is -2.24. The standard InChI is InChI=1S/C30H24BrClN4O3/c31-23-11-12-36-28(15-25(35-30(23)36)22-3-1-2-4-24(22)32)33-16-19-5-7-20(8-6-19)17-34-29(37)14-21-9-10-26-27(13-21)39-18-38-26/h1-13,15,33H,14,16-18H2,(H,34,37). The van der Waals surface area contributed by atoms with E-state index < -0.39 is 0 Å². The second-order valence-corrected chi connectivity index (χ2v) is 10.4. The van der Waals surface area contributed by atoms with Gasteiger partial charge in [-0.05, 0) is 56.9 Å². The Hall–Kier alpha value is -4.01. The molecule has 0 unspecified atom stereocenters. The minimum atomic E-state index is -0.0477. The van der Waals surface area contributed by atoms with Gasteiger partial charge >= 0.3 is 0 Å². The van der Waals surface area contributed by atoms with Crippen molar-refractivity contribution in [2.24, 2.45) is 0 Å². The van der Waals surface area contributed by atoms with Crippen molar-refractivity contribution < 1.29 is 14.3 Å². The SMILES string of the molecule is O=C(Cc1ccc2c(c1)OCO2)NCc1ccc(CNc2cc(-c3ccccc3Cl)nc3c(Br)ccn23)cc1. The van der Waals surface area contributed by atoms with Gasteiger partial charge in [-0.25, -0.2) is 4.98 Å². The zero-order valence-corrected chi connectivity index (χ0v) is 23.1. The van der Waals surface area contributed by atoms with Gasteiger partial charge in [0.05, 0.1) is 16.6 Å². The Labute approximate surface area is 238 Å². The maximum Gasteiger partial charge on any atom is 0.231 e. The first-order valence-corrected chi connectivity index (χ1v) is 13.6. The van der Waals surface area contributed by atoms with Crippen LogP contribution in [-0.4, -0.2) is 22.1 Å². The molecule has 6 rings (SSSR count). The molecular weight excluding hydrogens is 580 g/mol. The first-order valence-electron chi connectivity index (χ1n) is 12.4. The lowest BCUT2D eigenvalue weighted by Gasteiger charge is -2.13. The molecule has 0 atom stereocenters. The molecule has 0 radical (unpaired) electrons. The minimum Gasteiger partial charge on any atom is -0.454 e. The summed E-state index contributed by atoms with van der Waals surface area (Å²) in [7, 11) is 0. The van der Waals surface area contributed by atoms with Crippen LogP contribution in [0.15, 0.2) is 89.5 Å². The molecule has 3 aromatic carbocycles. The lowest BCUT2D eigenvalue weighted by molar-refractivity contribution is -0.120. The van der Waals surface area contributed by atoms with Gasteiger partial charge in [0.1, 0.15) is 5.82 Å². The van der Waals surface area contributed by atoms with E-state index >= 15 is 0 Å². The predicted molar refractivity (Wildman–Crippen MR) is 155 cm³/mol. The van der Waals surface area contributed by atoms with Gasteiger partial charge in [0.25, 0.3) is 0 Å². The van der Waals surface area contributed by atoms with E-state index in [0.717, 1.165) is 43.9 Å². The molecule has 3 heterocycles. The Morgan fingerprint density at radius 2 is 1.67 bits per heavy atom. The zero-order valence-electron chi connectivity index (χ0n) is 20.8. The number of carbonyl (C=O) groups is 1. The fourth-order valence-corrected chi connectivity index (χ4v) is 5.09. The molecule has 5 aromatic rings. The van der Waals surface area contributed by atoms with Crippen LogP contribution in [0.5, 0.6) is 11.5 Å². The number of hydrogen-bond donors (Lipinski definition) is 2. The van der Waals surface area contributed by atoms with Gasteiger partial charge in [0.15, 0.2) is 17.1 Å². The number of ether oxygens (including phenoxy) is 2. The van der Waals surface area contributed by atoms with Crippen molar-refractivity contribution in [1.82, 2.24) is 14.7 Å². The van der Waals surface area contributed by atoms with Gasteiger partial charge in [0, 0.05) is 35.9 Å². The van der Waals surface area contributed by atoms with E-state index in [0.29, 0.717) is 29.6 Å². The summed E-state index contributed by atoms with van der Waals surface area (Å²) in [6.07, 6.45) is 2.26. The normalized spacial score (nSPS) is 12.1. The molecule has 2 N–H and O–H groups in total. The highest BCUT2D eigenvalue weighted by Gasteiger charge is 2.15. The first kappa shape index (κ1) is 25.3. The maximum atomic E-state index is 12.5. The number of carbonyl (C=O) groups excluding carboxylic acids is 1. The molecule has 0 saturated heterocycles.